The summed E-state index contributed by atoms with van der Waals surface area (Å²) >= 11 is 0. The fourth-order valence-electron chi connectivity index (χ4n) is 1.90. The Balaban J connectivity index is 2.69. The topological polar surface area (TPSA) is 26.3 Å². The van der Waals surface area contributed by atoms with Crippen molar-refractivity contribution in [3.8, 4) is 0 Å². The van der Waals surface area contributed by atoms with Crippen molar-refractivity contribution in [2.45, 2.75) is 26.2 Å². The number of carbonyl (C=O) groups is 1. The fourth-order valence-corrected chi connectivity index (χ4v) is 1.90. The molecule has 0 heterocycles. The third kappa shape index (κ3) is 1.68. The largest absolute Gasteiger partial charge is 0.469 e. The summed E-state index contributed by atoms with van der Waals surface area (Å²) in [6.45, 7) is 6.00. The molecule has 0 spiro atoms. The molecule has 0 N–H and O–H groups in total. The van der Waals surface area contributed by atoms with Gasteiger partial charge in [0, 0.05) is 0 Å². The molecule has 1 aliphatic carbocycles. The second kappa shape index (κ2) is 3.74. The van der Waals surface area contributed by atoms with E-state index in [0.29, 0.717) is 5.92 Å². The highest BCUT2D eigenvalue weighted by molar-refractivity contribution is 5.76. The molecule has 1 unspecified atom stereocenters. The van der Waals surface area contributed by atoms with Gasteiger partial charge in [0.2, 0.25) is 0 Å². The lowest BCUT2D eigenvalue weighted by Crippen LogP contribution is -2.28. The normalized spacial score (nSPS) is 30.0. The minimum atomic E-state index is -0.118. The molecule has 1 aliphatic rings. The summed E-state index contributed by atoms with van der Waals surface area (Å²) in [4.78, 5) is 11.3. The van der Waals surface area contributed by atoms with E-state index < -0.39 is 0 Å². The molecular formula is C10H16O2. The van der Waals surface area contributed by atoms with Gasteiger partial charge in [0.05, 0.1) is 13.0 Å². The quantitative estimate of drug-likeness (QED) is 0.443. The van der Waals surface area contributed by atoms with Gasteiger partial charge in [-0.3, -0.25) is 4.79 Å². The lowest BCUT2D eigenvalue weighted by molar-refractivity contribution is -0.146. The predicted octanol–water partition coefficient (Wildman–Crippen LogP) is 2.15. The van der Waals surface area contributed by atoms with E-state index in [1.165, 1.54) is 7.11 Å². The van der Waals surface area contributed by atoms with E-state index >= 15 is 0 Å². The number of carbonyl (C=O) groups excluding carboxylic acids is 1. The molecule has 0 radical (unpaired) electrons. The molecule has 0 bridgehead atoms. The van der Waals surface area contributed by atoms with E-state index in [4.69, 9.17) is 4.74 Å². The number of rotatable bonds is 1. The average molecular weight is 168 g/mol. The Bertz CT molecular complexity index is 188. The first-order valence-electron chi connectivity index (χ1n) is 4.42. The molecule has 2 heteroatoms. The molecule has 0 aromatic heterocycles. The predicted molar refractivity (Wildman–Crippen MR) is 47.7 cm³/mol. The van der Waals surface area contributed by atoms with Gasteiger partial charge in [-0.05, 0) is 25.2 Å². The molecule has 1 saturated carbocycles. The van der Waals surface area contributed by atoms with Gasteiger partial charge in [0.25, 0.3) is 0 Å². The van der Waals surface area contributed by atoms with Crippen LogP contribution in [0.25, 0.3) is 0 Å². The number of ether oxygens (including phenoxy) is 1. The molecule has 68 valence electrons. The summed E-state index contributed by atoms with van der Waals surface area (Å²) in [5.41, 5.74) is 1.04. The second-order valence-electron chi connectivity index (χ2n) is 3.53. The van der Waals surface area contributed by atoms with Crippen LogP contribution in [-0.4, -0.2) is 13.1 Å². The monoisotopic (exact) mass is 168 g/mol. The third-order valence-corrected chi connectivity index (χ3v) is 2.62. The third-order valence-electron chi connectivity index (χ3n) is 2.62. The summed E-state index contributed by atoms with van der Waals surface area (Å²) in [5, 5.41) is 0. The van der Waals surface area contributed by atoms with Crippen LogP contribution < -0.4 is 0 Å². The summed E-state index contributed by atoms with van der Waals surface area (Å²) in [5.74, 6) is 0.231. The Labute approximate surface area is 73.6 Å². The van der Waals surface area contributed by atoms with Crippen LogP contribution in [0.5, 0.6) is 0 Å². The summed E-state index contributed by atoms with van der Waals surface area (Å²) < 4.78 is 4.73. The molecule has 12 heavy (non-hydrogen) atoms. The number of methoxy groups -OCH3 is 1. The van der Waals surface area contributed by atoms with E-state index in [9.17, 15) is 4.79 Å². The van der Waals surface area contributed by atoms with Gasteiger partial charge in [0.1, 0.15) is 0 Å². The smallest absolute Gasteiger partial charge is 0.313 e. The molecule has 0 saturated heterocycles. The number of esters is 1. The average Bonchev–Trinajstić information content (AvgIpc) is 2.03. The standard InChI is InChI=1S/C10H16O2/c1-7-5-4-6-8(2)9(7)10(11)12-3/h8-9H,1,4-6H2,2-3H3/t8-,9?/m0/s1. The number of hydrogen-bond donors (Lipinski definition) is 0. The van der Waals surface area contributed by atoms with Crippen molar-refractivity contribution < 1.29 is 9.53 Å². The number of hydrogen-bond acceptors (Lipinski definition) is 2. The van der Waals surface area contributed by atoms with Gasteiger partial charge in [-0.1, -0.05) is 19.1 Å². The van der Waals surface area contributed by atoms with Crippen molar-refractivity contribution in [2.75, 3.05) is 7.11 Å². The van der Waals surface area contributed by atoms with Gasteiger partial charge in [-0.25, -0.2) is 0 Å². The van der Waals surface area contributed by atoms with E-state index in [-0.39, 0.29) is 11.9 Å². The molecule has 2 nitrogen and oxygen atoms in total. The molecule has 2 atom stereocenters. The highest BCUT2D eigenvalue weighted by Crippen LogP contribution is 2.33. The SMILES string of the molecule is C=C1CCC[C@H](C)C1C(=O)OC. The molecule has 0 aliphatic heterocycles. The zero-order chi connectivity index (χ0) is 9.14. The van der Waals surface area contributed by atoms with Crippen LogP contribution in [0.3, 0.4) is 0 Å². The Hall–Kier alpha value is -0.790. The van der Waals surface area contributed by atoms with Gasteiger partial charge in [-0.15, -0.1) is 0 Å². The zero-order valence-corrected chi connectivity index (χ0v) is 7.80. The Morgan fingerprint density at radius 3 is 2.83 bits per heavy atom. The summed E-state index contributed by atoms with van der Waals surface area (Å²) in [7, 11) is 1.44. The summed E-state index contributed by atoms with van der Waals surface area (Å²) in [6.07, 6.45) is 3.25. The van der Waals surface area contributed by atoms with Crippen molar-refractivity contribution in [3.63, 3.8) is 0 Å². The zero-order valence-electron chi connectivity index (χ0n) is 7.80. The Kier molecular flexibility index (Phi) is 2.90. The van der Waals surface area contributed by atoms with Crippen LogP contribution in [0.4, 0.5) is 0 Å². The first-order valence-corrected chi connectivity index (χ1v) is 4.42. The van der Waals surface area contributed by atoms with Crippen molar-refractivity contribution in [2.24, 2.45) is 11.8 Å². The second-order valence-corrected chi connectivity index (χ2v) is 3.53. The highest BCUT2D eigenvalue weighted by atomic mass is 16.5. The highest BCUT2D eigenvalue weighted by Gasteiger charge is 2.31. The maximum absolute atomic E-state index is 11.3. The minimum absolute atomic E-state index is 0.0521. The van der Waals surface area contributed by atoms with Crippen molar-refractivity contribution in [1.82, 2.24) is 0 Å². The van der Waals surface area contributed by atoms with Crippen molar-refractivity contribution in [1.29, 1.82) is 0 Å². The van der Waals surface area contributed by atoms with Crippen molar-refractivity contribution in [3.05, 3.63) is 12.2 Å². The van der Waals surface area contributed by atoms with Gasteiger partial charge < -0.3 is 4.74 Å². The Morgan fingerprint density at radius 2 is 2.33 bits per heavy atom. The fraction of sp³-hybridized carbons (Fsp3) is 0.700. The van der Waals surface area contributed by atoms with E-state index in [1.54, 1.807) is 0 Å². The molecule has 0 amide bonds. The minimum Gasteiger partial charge on any atom is -0.469 e. The lowest BCUT2D eigenvalue weighted by atomic mass is 9.77. The molecule has 0 aromatic rings. The molecular weight excluding hydrogens is 152 g/mol. The Morgan fingerprint density at radius 1 is 1.67 bits per heavy atom. The van der Waals surface area contributed by atoms with Crippen LogP contribution >= 0.6 is 0 Å². The maximum atomic E-state index is 11.3. The lowest BCUT2D eigenvalue weighted by Gasteiger charge is -2.28. The van der Waals surface area contributed by atoms with Crippen LogP contribution in [0.1, 0.15) is 26.2 Å². The van der Waals surface area contributed by atoms with Crippen molar-refractivity contribution >= 4 is 5.97 Å². The van der Waals surface area contributed by atoms with Gasteiger partial charge in [-0.2, -0.15) is 0 Å². The molecule has 1 rings (SSSR count). The van der Waals surface area contributed by atoms with Gasteiger partial charge >= 0.3 is 5.97 Å². The van der Waals surface area contributed by atoms with E-state index in [0.717, 1.165) is 24.8 Å². The van der Waals surface area contributed by atoms with Gasteiger partial charge in [0.15, 0.2) is 0 Å². The van der Waals surface area contributed by atoms with Crippen LogP contribution in [0.2, 0.25) is 0 Å². The first-order chi connectivity index (χ1) is 5.66. The first kappa shape index (κ1) is 9.30. The van der Waals surface area contributed by atoms with Crippen LogP contribution in [0.15, 0.2) is 12.2 Å². The van der Waals surface area contributed by atoms with Crippen LogP contribution in [0, 0.1) is 11.8 Å². The molecule has 0 aromatic carbocycles. The van der Waals surface area contributed by atoms with E-state index in [2.05, 4.69) is 13.5 Å². The van der Waals surface area contributed by atoms with E-state index in [1.807, 2.05) is 0 Å². The summed E-state index contributed by atoms with van der Waals surface area (Å²) in [6, 6.07) is 0. The molecule has 1 fully saturated rings. The van der Waals surface area contributed by atoms with Crippen LogP contribution in [-0.2, 0) is 9.53 Å². The maximum Gasteiger partial charge on any atom is 0.313 e.